The molecule has 4 heterocycles. The number of hydrogen-bond donors (Lipinski definition) is 2. The molecule has 2 aliphatic rings. The van der Waals surface area contributed by atoms with Gasteiger partial charge in [-0.25, -0.2) is 9.67 Å². The third kappa shape index (κ3) is 4.90. The van der Waals surface area contributed by atoms with Crippen LogP contribution in [-0.4, -0.2) is 58.2 Å². The Hall–Kier alpha value is -4.74. The second-order valence-electron chi connectivity index (χ2n) is 9.62. The fourth-order valence-corrected chi connectivity index (χ4v) is 5.19. The smallest absolute Gasteiger partial charge is 0.280 e. The molecule has 11 heteroatoms. The van der Waals surface area contributed by atoms with E-state index in [1.807, 2.05) is 55.5 Å². The van der Waals surface area contributed by atoms with Gasteiger partial charge in [-0.2, -0.15) is 5.10 Å². The molecule has 1 atom stereocenters. The van der Waals surface area contributed by atoms with Gasteiger partial charge in [-0.05, 0) is 43.2 Å². The van der Waals surface area contributed by atoms with Crippen LogP contribution in [0.5, 0.6) is 11.5 Å². The first-order valence-corrected chi connectivity index (χ1v) is 13.4. The maximum absolute atomic E-state index is 13.8. The highest BCUT2D eigenvalue weighted by Crippen LogP contribution is 2.43. The van der Waals surface area contributed by atoms with Crippen molar-refractivity contribution in [2.45, 2.75) is 31.8 Å². The fourth-order valence-electron chi connectivity index (χ4n) is 5.19. The molecule has 1 fully saturated rings. The lowest BCUT2D eigenvalue weighted by molar-refractivity contribution is -0.189. The monoisotopic (exact) mass is 555 g/mol. The largest absolute Gasteiger partial charge is 0.490 e. The summed E-state index contributed by atoms with van der Waals surface area (Å²) in [5.74, 6) is -1.53. The van der Waals surface area contributed by atoms with Crippen LogP contribution < -0.4 is 20.5 Å². The van der Waals surface area contributed by atoms with Gasteiger partial charge < -0.3 is 30.0 Å². The van der Waals surface area contributed by atoms with E-state index >= 15 is 0 Å². The number of pyridine rings is 1. The summed E-state index contributed by atoms with van der Waals surface area (Å²) in [7, 11) is 0. The molecule has 0 radical (unpaired) electrons. The van der Waals surface area contributed by atoms with Crippen LogP contribution in [0.2, 0.25) is 0 Å². The number of nitrogens with two attached hydrogens (primary N) is 1. The number of nitrogens with one attached hydrogen (secondary N) is 1. The van der Waals surface area contributed by atoms with Gasteiger partial charge >= 0.3 is 0 Å². The number of fused-ring (bicyclic) bond motifs is 3. The van der Waals surface area contributed by atoms with Crippen molar-refractivity contribution in [2.75, 3.05) is 19.8 Å². The van der Waals surface area contributed by atoms with Crippen molar-refractivity contribution in [1.29, 1.82) is 0 Å². The highest BCUT2D eigenvalue weighted by Gasteiger charge is 2.51. The molecule has 0 saturated carbocycles. The lowest BCUT2D eigenvalue weighted by atomic mass is 9.97. The van der Waals surface area contributed by atoms with E-state index in [9.17, 15) is 9.59 Å². The molecule has 1 saturated heterocycles. The Bertz CT molecular complexity index is 1580. The Labute approximate surface area is 236 Å². The molecule has 4 aromatic rings. The minimum atomic E-state index is -1.81. The molecule has 0 aliphatic carbocycles. The van der Waals surface area contributed by atoms with E-state index in [2.05, 4.69) is 10.3 Å². The molecule has 3 N–H and O–H groups in total. The Balaban J connectivity index is 1.34. The van der Waals surface area contributed by atoms with Gasteiger partial charge in [0, 0.05) is 23.5 Å². The van der Waals surface area contributed by atoms with Gasteiger partial charge in [-0.3, -0.25) is 9.59 Å². The molecule has 210 valence electrons. The van der Waals surface area contributed by atoms with Crippen LogP contribution in [0.1, 0.15) is 28.4 Å². The van der Waals surface area contributed by atoms with E-state index < -0.39 is 23.6 Å². The predicted octanol–water partition coefficient (Wildman–Crippen LogP) is 2.79. The average molecular weight is 556 g/mol. The number of carbonyl (C=O) groups excluding carboxylic acids is 2. The van der Waals surface area contributed by atoms with E-state index in [4.69, 9.17) is 29.8 Å². The molecule has 6 rings (SSSR count). The minimum absolute atomic E-state index is 0.176. The average Bonchev–Trinajstić information content (AvgIpc) is 3.67. The predicted molar refractivity (Wildman–Crippen MR) is 148 cm³/mol. The second kappa shape index (κ2) is 11.0. The van der Waals surface area contributed by atoms with Crippen LogP contribution in [0.25, 0.3) is 17.1 Å². The Morgan fingerprint density at radius 2 is 1.90 bits per heavy atom. The Kier molecular flexibility index (Phi) is 7.12. The van der Waals surface area contributed by atoms with Crippen molar-refractivity contribution < 1.29 is 28.5 Å². The third-order valence-corrected chi connectivity index (χ3v) is 7.05. The van der Waals surface area contributed by atoms with Crippen LogP contribution in [0.3, 0.4) is 0 Å². The number of rotatable bonds is 9. The zero-order valence-electron chi connectivity index (χ0n) is 22.4. The number of ether oxygens (including phenoxy) is 4. The fraction of sp³-hybridized carbons (Fsp3) is 0.267. The quantitative estimate of drug-likeness (QED) is 0.321. The normalized spacial score (nSPS) is 15.7. The van der Waals surface area contributed by atoms with Crippen LogP contribution in [0.4, 0.5) is 0 Å². The van der Waals surface area contributed by atoms with Gasteiger partial charge in [-0.15, -0.1) is 0 Å². The van der Waals surface area contributed by atoms with Crippen LogP contribution >= 0.6 is 0 Å². The molecular formula is C30H29N5O6. The van der Waals surface area contributed by atoms with Crippen molar-refractivity contribution in [3.05, 3.63) is 89.7 Å². The maximum atomic E-state index is 13.8. The molecule has 2 aliphatic heterocycles. The topological polar surface area (TPSA) is 140 Å². The molecule has 0 spiro atoms. The number of nitrogens with zero attached hydrogens (tertiary/aromatic N) is 3. The number of carbonyl (C=O) groups is 2. The molecule has 1 unspecified atom stereocenters. The van der Waals surface area contributed by atoms with Gasteiger partial charge in [0.25, 0.3) is 17.6 Å². The number of para-hydroxylation sites is 1. The van der Waals surface area contributed by atoms with Gasteiger partial charge in [-0.1, -0.05) is 36.4 Å². The second-order valence-corrected chi connectivity index (χ2v) is 9.62. The van der Waals surface area contributed by atoms with Gasteiger partial charge in [0.15, 0.2) is 17.3 Å². The number of amides is 2. The summed E-state index contributed by atoms with van der Waals surface area (Å²) in [5.41, 5.74) is 9.22. The van der Waals surface area contributed by atoms with Gasteiger partial charge in [0.1, 0.15) is 12.3 Å². The molecule has 41 heavy (non-hydrogen) atoms. The van der Waals surface area contributed by atoms with E-state index in [0.717, 1.165) is 16.7 Å². The van der Waals surface area contributed by atoms with Crippen molar-refractivity contribution in [2.24, 2.45) is 5.73 Å². The molecule has 2 amide bonds. The first-order chi connectivity index (χ1) is 20.0. The zero-order valence-corrected chi connectivity index (χ0v) is 22.4. The number of aromatic nitrogens is 3. The molecule has 11 nitrogen and oxygen atoms in total. The lowest BCUT2D eigenvalue weighted by Gasteiger charge is -2.33. The summed E-state index contributed by atoms with van der Waals surface area (Å²) in [4.78, 5) is 30.9. The third-order valence-electron chi connectivity index (χ3n) is 7.05. The van der Waals surface area contributed by atoms with E-state index in [-0.39, 0.29) is 31.8 Å². The summed E-state index contributed by atoms with van der Waals surface area (Å²) in [5, 5.41) is 7.73. The van der Waals surface area contributed by atoms with Crippen molar-refractivity contribution in [3.8, 4) is 28.6 Å². The highest BCUT2D eigenvalue weighted by molar-refractivity contribution is 5.98. The van der Waals surface area contributed by atoms with Gasteiger partial charge in [0.2, 0.25) is 0 Å². The van der Waals surface area contributed by atoms with E-state index in [0.29, 0.717) is 29.6 Å². The van der Waals surface area contributed by atoms with Crippen molar-refractivity contribution >= 4 is 11.8 Å². The molecular weight excluding hydrogens is 526 g/mol. The van der Waals surface area contributed by atoms with Crippen LogP contribution in [-0.2, 0) is 27.3 Å². The number of benzene rings is 2. The first-order valence-electron chi connectivity index (χ1n) is 13.4. The summed E-state index contributed by atoms with van der Waals surface area (Å²) in [6, 6.07) is 17.5. The minimum Gasteiger partial charge on any atom is -0.490 e. The Morgan fingerprint density at radius 1 is 1.10 bits per heavy atom. The van der Waals surface area contributed by atoms with Crippen molar-refractivity contribution in [1.82, 2.24) is 20.1 Å². The summed E-state index contributed by atoms with van der Waals surface area (Å²) in [6.45, 7) is 3.06. The van der Waals surface area contributed by atoms with E-state index in [1.54, 1.807) is 29.2 Å². The molecule has 0 bridgehead atoms. The number of primary amides is 1. The van der Waals surface area contributed by atoms with Crippen LogP contribution in [0.15, 0.2) is 73.1 Å². The SMILES string of the molecule is CCOc1cccc2c1OCc1cn(-c3ncccc3C(=O)NC(Cc3ccccc3)C3(C(N)=O)OCCO3)nc1-2. The highest BCUT2D eigenvalue weighted by atomic mass is 16.7. The van der Waals surface area contributed by atoms with Crippen molar-refractivity contribution in [3.63, 3.8) is 0 Å². The summed E-state index contributed by atoms with van der Waals surface area (Å²) >= 11 is 0. The van der Waals surface area contributed by atoms with E-state index in [1.165, 1.54) is 0 Å². The Morgan fingerprint density at radius 3 is 2.66 bits per heavy atom. The molecule has 2 aromatic carbocycles. The zero-order chi connectivity index (χ0) is 28.4. The first kappa shape index (κ1) is 26.5. The summed E-state index contributed by atoms with van der Waals surface area (Å²) in [6.07, 6.45) is 3.62. The standard InChI is InChI=1S/C30H29N5O6/c1-2-38-23-12-6-10-21-25-20(18-39-26(21)23)17-35(34-25)27-22(11-7-13-32-27)28(36)33-24(16-19-8-4-3-5-9-19)30(29(31)37)40-14-15-41-30/h3-13,17,24H,2,14-16,18H2,1H3,(H2,31,37)(H,33,36). The maximum Gasteiger partial charge on any atom is 0.280 e. The van der Waals surface area contributed by atoms with Crippen LogP contribution in [0, 0.1) is 0 Å². The molecule has 2 aromatic heterocycles. The van der Waals surface area contributed by atoms with Gasteiger partial charge in [0.05, 0.1) is 31.4 Å². The number of hydrogen-bond acceptors (Lipinski definition) is 8. The lowest BCUT2D eigenvalue weighted by Crippen LogP contribution is -2.61. The summed E-state index contributed by atoms with van der Waals surface area (Å²) < 4.78 is 24.8.